The lowest BCUT2D eigenvalue weighted by molar-refractivity contribution is 0.231. The molecule has 0 aromatic carbocycles. The summed E-state index contributed by atoms with van der Waals surface area (Å²) in [6.45, 7) is 13.7. The summed E-state index contributed by atoms with van der Waals surface area (Å²) in [6, 6.07) is 4.30. The van der Waals surface area contributed by atoms with Gasteiger partial charge in [-0.2, -0.15) is 5.26 Å². The molecular weight excluding hydrogens is 248 g/mol. The van der Waals surface area contributed by atoms with Crippen LogP contribution in [0.1, 0.15) is 30.7 Å². The molecule has 20 heavy (non-hydrogen) atoms. The summed E-state index contributed by atoms with van der Waals surface area (Å²) in [6.07, 6.45) is 0. The number of nitriles is 1. The standard InChI is InChI=1S/C16H24N4/c1-12(2)11-19-5-7-20(8-6-19)16-15(10-17)13(3)9-14(4)18-16/h9,12H,5-8,11H2,1-4H3. The molecule has 0 radical (unpaired) electrons. The highest BCUT2D eigenvalue weighted by molar-refractivity contribution is 5.58. The highest BCUT2D eigenvalue weighted by Gasteiger charge is 2.21. The highest BCUT2D eigenvalue weighted by Crippen LogP contribution is 2.23. The molecule has 1 aliphatic rings. The van der Waals surface area contributed by atoms with Crippen molar-refractivity contribution in [1.82, 2.24) is 9.88 Å². The van der Waals surface area contributed by atoms with E-state index in [0.29, 0.717) is 5.92 Å². The van der Waals surface area contributed by atoms with E-state index in [-0.39, 0.29) is 0 Å². The molecule has 4 heteroatoms. The van der Waals surface area contributed by atoms with Crippen LogP contribution >= 0.6 is 0 Å². The maximum absolute atomic E-state index is 9.36. The second-order valence-electron chi connectivity index (χ2n) is 6.07. The minimum absolute atomic E-state index is 0.704. The summed E-state index contributed by atoms with van der Waals surface area (Å²) < 4.78 is 0. The topological polar surface area (TPSA) is 43.2 Å². The van der Waals surface area contributed by atoms with Crippen LogP contribution in [0.5, 0.6) is 0 Å². The molecule has 0 bridgehead atoms. The van der Waals surface area contributed by atoms with E-state index in [1.807, 2.05) is 19.9 Å². The van der Waals surface area contributed by atoms with Crippen LogP contribution in [0.15, 0.2) is 6.07 Å². The highest BCUT2D eigenvalue weighted by atomic mass is 15.3. The van der Waals surface area contributed by atoms with Crippen LogP contribution in [0.3, 0.4) is 0 Å². The van der Waals surface area contributed by atoms with Gasteiger partial charge in [-0.25, -0.2) is 4.98 Å². The van der Waals surface area contributed by atoms with Gasteiger partial charge in [0.15, 0.2) is 0 Å². The minimum Gasteiger partial charge on any atom is -0.353 e. The Hall–Kier alpha value is -1.60. The van der Waals surface area contributed by atoms with E-state index in [2.05, 4.69) is 34.7 Å². The van der Waals surface area contributed by atoms with Crippen LogP contribution in [0.25, 0.3) is 0 Å². The van der Waals surface area contributed by atoms with Gasteiger partial charge in [0, 0.05) is 38.4 Å². The third-order valence-electron chi connectivity index (χ3n) is 3.73. The van der Waals surface area contributed by atoms with Gasteiger partial charge in [0.2, 0.25) is 0 Å². The summed E-state index contributed by atoms with van der Waals surface area (Å²) in [5.41, 5.74) is 2.74. The summed E-state index contributed by atoms with van der Waals surface area (Å²) in [5, 5.41) is 9.36. The molecule has 1 fully saturated rings. The van der Waals surface area contributed by atoms with Gasteiger partial charge in [0.1, 0.15) is 11.9 Å². The Kier molecular flexibility index (Phi) is 4.61. The zero-order valence-corrected chi connectivity index (χ0v) is 13.0. The molecule has 2 rings (SSSR count). The molecule has 0 unspecified atom stereocenters. The van der Waals surface area contributed by atoms with Gasteiger partial charge < -0.3 is 4.90 Å². The van der Waals surface area contributed by atoms with Gasteiger partial charge in [0.05, 0.1) is 5.56 Å². The monoisotopic (exact) mass is 272 g/mol. The van der Waals surface area contributed by atoms with Gasteiger partial charge in [0.25, 0.3) is 0 Å². The summed E-state index contributed by atoms with van der Waals surface area (Å²) in [5.74, 6) is 1.57. The van der Waals surface area contributed by atoms with Crippen molar-refractivity contribution in [2.24, 2.45) is 5.92 Å². The molecule has 1 saturated heterocycles. The predicted octanol–water partition coefficient (Wildman–Crippen LogP) is 2.35. The first kappa shape index (κ1) is 14.8. The van der Waals surface area contributed by atoms with Crippen molar-refractivity contribution in [3.63, 3.8) is 0 Å². The average molecular weight is 272 g/mol. The van der Waals surface area contributed by atoms with E-state index in [1.165, 1.54) is 0 Å². The number of nitrogens with zero attached hydrogens (tertiary/aromatic N) is 4. The number of anilines is 1. The van der Waals surface area contributed by atoms with Crippen molar-refractivity contribution in [3.05, 3.63) is 22.9 Å². The zero-order valence-electron chi connectivity index (χ0n) is 13.0. The Bertz CT molecular complexity index is 508. The number of aromatic nitrogens is 1. The Labute approximate surface area is 122 Å². The van der Waals surface area contributed by atoms with Gasteiger partial charge >= 0.3 is 0 Å². The van der Waals surface area contributed by atoms with Gasteiger partial charge in [-0.05, 0) is 31.4 Å². The first-order valence-corrected chi connectivity index (χ1v) is 7.37. The third kappa shape index (κ3) is 3.29. The Morgan fingerprint density at radius 1 is 1.25 bits per heavy atom. The van der Waals surface area contributed by atoms with E-state index >= 15 is 0 Å². The van der Waals surface area contributed by atoms with Crippen LogP contribution in [-0.4, -0.2) is 42.6 Å². The lowest BCUT2D eigenvalue weighted by Gasteiger charge is -2.36. The molecule has 2 heterocycles. The molecular formula is C16H24N4. The SMILES string of the molecule is Cc1cc(C)c(C#N)c(N2CCN(CC(C)C)CC2)n1. The van der Waals surface area contributed by atoms with Gasteiger partial charge in [-0.15, -0.1) is 0 Å². The summed E-state index contributed by atoms with van der Waals surface area (Å²) in [7, 11) is 0. The Morgan fingerprint density at radius 2 is 1.90 bits per heavy atom. The van der Waals surface area contributed by atoms with Crippen LogP contribution in [0, 0.1) is 31.1 Å². The van der Waals surface area contributed by atoms with E-state index in [0.717, 1.165) is 55.4 Å². The molecule has 0 saturated carbocycles. The summed E-state index contributed by atoms with van der Waals surface area (Å²) >= 11 is 0. The van der Waals surface area contributed by atoms with Crippen LogP contribution in [-0.2, 0) is 0 Å². The van der Waals surface area contributed by atoms with Crippen LogP contribution in [0.4, 0.5) is 5.82 Å². The molecule has 4 nitrogen and oxygen atoms in total. The van der Waals surface area contributed by atoms with Crippen molar-refractivity contribution < 1.29 is 0 Å². The molecule has 1 aromatic heterocycles. The number of aryl methyl sites for hydroxylation is 2. The quantitative estimate of drug-likeness (QED) is 0.847. The fourth-order valence-corrected chi connectivity index (χ4v) is 2.84. The van der Waals surface area contributed by atoms with Crippen LogP contribution < -0.4 is 4.90 Å². The number of pyridine rings is 1. The number of hydrogen-bond acceptors (Lipinski definition) is 4. The van der Waals surface area contributed by atoms with Crippen LogP contribution in [0.2, 0.25) is 0 Å². The summed E-state index contributed by atoms with van der Waals surface area (Å²) in [4.78, 5) is 9.35. The average Bonchev–Trinajstić information content (AvgIpc) is 2.38. The van der Waals surface area contributed by atoms with Crippen molar-refractivity contribution in [2.75, 3.05) is 37.6 Å². The molecule has 0 N–H and O–H groups in total. The van der Waals surface area contributed by atoms with Crippen molar-refractivity contribution in [3.8, 4) is 6.07 Å². The molecule has 0 atom stereocenters. The largest absolute Gasteiger partial charge is 0.353 e. The number of rotatable bonds is 3. The fraction of sp³-hybridized carbons (Fsp3) is 0.625. The smallest absolute Gasteiger partial charge is 0.147 e. The second-order valence-corrected chi connectivity index (χ2v) is 6.07. The molecule has 0 aliphatic carbocycles. The van der Waals surface area contributed by atoms with E-state index < -0.39 is 0 Å². The van der Waals surface area contributed by atoms with Crippen molar-refractivity contribution in [1.29, 1.82) is 5.26 Å². The fourth-order valence-electron chi connectivity index (χ4n) is 2.84. The Morgan fingerprint density at radius 3 is 2.45 bits per heavy atom. The maximum Gasteiger partial charge on any atom is 0.147 e. The van der Waals surface area contributed by atoms with E-state index in [1.54, 1.807) is 0 Å². The first-order valence-electron chi connectivity index (χ1n) is 7.37. The van der Waals surface area contributed by atoms with E-state index in [4.69, 9.17) is 0 Å². The first-order chi connectivity index (χ1) is 9.51. The lowest BCUT2D eigenvalue weighted by Crippen LogP contribution is -2.48. The maximum atomic E-state index is 9.36. The minimum atomic E-state index is 0.704. The molecule has 0 amide bonds. The van der Waals surface area contributed by atoms with Crippen molar-refractivity contribution in [2.45, 2.75) is 27.7 Å². The Balaban J connectivity index is 2.13. The predicted molar refractivity (Wildman–Crippen MR) is 81.9 cm³/mol. The molecule has 0 spiro atoms. The number of hydrogen-bond donors (Lipinski definition) is 0. The van der Waals surface area contributed by atoms with Crippen molar-refractivity contribution >= 4 is 5.82 Å². The lowest BCUT2D eigenvalue weighted by atomic mass is 10.1. The zero-order chi connectivity index (χ0) is 14.7. The second kappa shape index (κ2) is 6.23. The van der Waals surface area contributed by atoms with Gasteiger partial charge in [-0.3, -0.25) is 4.90 Å². The normalized spacial score (nSPS) is 16.5. The molecule has 1 aromatic rings. The number of piperazine rings is 1. The van der Waals surface area contributed by atoms with Gasteiger partial charge in [-0.1, -0.05) is 13.8 Å². The van der Waals surface area contributed by atoms with E-state index in [9.17, 15) is 5.26 Å². The molecule has 1 aliphatic heterocycles. The molecule has 108 valence electrons. The third-order valence-corrected chi connectivity index (χ3v) is 3.73.